The van der Waals surface area contributed by atoms with Gasteiger partial charge in [-0.15, -0.1) is 11.6 Å². The number of nitrogens with zero attached hydrogens (tertiary/aromatic N) is 4. The van der Waals surface area contributed by atoms with Crippen LogP contribution in [0.2, 0.25) is 10.0 Å². The fourth-order valence-electron chi connectivity index (χ4n) is 2.17. The van der Waals surface area contributed by atoms with Crippen molar-refractivity contribution >= 4 is 45.8 Å². The molecular weight excluding hydrogens is 335 g/mol. The molecule has 0 atom stereocenters. The van der Waals surface area contributed by atoms with Crippen molar-refractivity contribution in [3.63, 3.8) is 0 Å². The van der Waals surface area contributed by atoms with Crippen molar-refractivity contribution in [2.75, 3.05) is 5.88 Å². The molecular formula is C13H11Cl3N4O. The van der Waals surface area contributed by atoms with Crippen LogP contribution in [0.1, 0.15) is 17.5 Å². The van der Waals surface area contributed by atoms with Gasteiger partial charge in [-0.2, -0.15) is 4.98 Å². The van der Waals surface area contributed by atoms with E-state index >= 15 is 0 Å². The van der Waals surface area contributed by atoms with Gasteiger partial charge in [-0.1, -0.05) is 28.4 Å². The number of rotatable bonds is 4. The lowest BCUT2D eigenvalue weighted by atomic mass is 10.3. The molecule has 0 N–H and O–H groups in total. The molecule has 8 heteroatoms. The Morgan fingerprint density at radius 2 is 1.95 bits per heavy atom. The first-order valence-electron chi connectivity index (χ1n) is 6.28. The highest BCUT2D eigenvalue weighted by molar-refractivity contribution is 6.42. The van der Waals surface area contributed by atoms with E-state index in [1.807, 2.05) is 4.57 Å². The molecule has 5 nitrogen and oxygen atoms in total. The fourth-order valence-corrected chi connectivity index (χ4v) is 2.65. The topological polar surface area (TPSA) is 56.7 Å². The van der Waals surface area contributed by atoms with Crippen LogP contribution in [-0.4, -0.2) is 25.6 Å². The summed E-state index contributed by atoms with van der Waals surface area (Å²) in [5, 5.41) is 4.86. The van der Waals surface area contributed by atoms with Gasteiger partial charge in [-0.25, -0.2) is 4.98 Å². The SMILES string of the molecule is Cc1nc(Cn2c(CCCl)nc3cc(Cl)c(Cl)cc32)no1. The number of halogens is 3. The minimum absolute atomic E-state index is 0.442. The Morgan fingerprint density at radius 3 is 2.62 bits per heavy atom. The summed E-state index contributed by atoms with van der Waals surface area (Å²) in [4.78, 5) is 8.77. The van der Waals surface area contributed by atoms with Crippen molar-refractivity contribution in [2.45, 2.75) is 19.9 Å². The van der Waals surface area contributed by atoms with Crippen molar-refractivity contribution in [2.24, 2.45) is 0 Å². The van der Waals surface area contributed by atoms with Gasteiger partial charge in [0.05, 0.1) is 27.6 Å². The van der Waals surface area contributed by atoms with E-state index in [0.717, 1.165) is 16.9 Å². The summed E-state index contributed by atoms with van der Waals surface area (Å²) in [7, 11) is 0. The Balaban J connectivity index is 2.12. The molecule has 3 rings (SSSR count). The fraction of sp³-hybridized carbons (Fsp3) is 0.308. The third kappa shape index (κ3) is 2.86. The number of alkyl halides is 1. The molecule has 0 saturated heterocycles. The highest BCUT2D eigenvalue weighted by Gasteiger charge is 2.15. The highest BCUT2D eigenvalue weighted by Crippen LogP contribution is 2.29. The standard InChI is InChI=1S/C13H11Cl3N4O/c1-7-17-12(19-21-7)6-20-11-5-9(16)8(15)4-10(11)18-13(20)2-3-14/h4-5H,2-3,6H2,1H3. The second-order valence-corrected chi connectivity index (χ2v) is 5.73. The van der Waals surface area contributed by atoms with E-state index in [1.54, 1.807) is 19.1 Å². The van der Waals surface area contributed by atoms with E-state index in [-0.39, 0.29) is 0 Å². The first kappa shape index (κ1) is 14.6. The van der Waals surface area contributed by atoms with Gasteiger partial charge in [0, 0.05) is 19.2 Å². The Morgan fingerprint density at radius 1 is 1.19 bits per heavy atom. The van der Waals surface area contributed by atoms with Crippen LogP contribution in [0.3, 0.4) is 0 Å². The van der Waals surface area contributed by atoms with Gasteiger partial charge in [0.1, 0.15) is 5.82 Å². The Bertz CT molecular complexity index is 796. The maximum atomic E-state index is 6.10. The van der Waals surface area contributed by atoms with Crippen LogP contribution < -0.4 is 0 Å². The minimum atomic E-state index is 0.442. The van der Waals surface area contributed by atoms with E-state index in [1.165, 1.54) is 0 Å². The number of hydrogen-bond acceptors (Lipinski definition) is 4. The smallest absolute Gasteiger partial charge is 0.223 e. The largest absolute Gasteiger partial charge is 0.340 e. The van der Waals surface area contributed by atoms with E-state index in [2.05, 4.69) is 15.1 Å². The first-order valence-corrected chi connectivity index (χ1v) is 7.57. The van der Waals surface area contributed by atoms with Crippen LogP contribution in [0.15, 0.2) is 16.7 Å². The summed E-state index contributed by atoms with van der Waals surface area (Å²) in [6.07, 6.45) is 0.627. The van der Waals surface area contributed by atoms with Crippen molar-refractivity contribution in [1.82, 2.24) is 19.7 Å². The molecule has 2 aromatic heterocycles. The molecule has 0 unspecified atom stereocenters. The normalized spacial score (nSPS) is 11.4. The van der Waals surface area contributed by atoms with Gasteiger partial charge in [-0.3, -0.25) is 0 Å². The second kappa shape index (κ2) is 5.83. The Labute approximate surface area is 135 Å². The van der Waals surface area contributed by atoms with Gasteiger partial charge in [0.2, 0.25) is 5.89 Å². The summed E-state index contributed by atoms with van der Waals surface area (Å²) < 4.78 is 6.98. The number of benzene rings is 1. The summed E-state index contributed by atoms with van der Waals surface area (Å²) in [6.45, 7) is 2.19. The summed E-state index contributed by atoms with van der Waals surface area (Å²) in [6, 6.07) is 3.53. The average Bonchev–Trinajstić information content (AvgIpc) is 2.97. The predicted molar refractivity (Wildman–Crippen MR) is 82.3 cm³/mol. The zero-order valence-corrected chi connectivity index (χ0v) is 13.4. The van der Waals surface area contributed by atoms with Crippen LogP contribution in [0.5, 0.6) is 0 Å². The first-order chi connectivity index (χ1) is 10.1. The molecule has 0 radical (unpaired) electrons. The summed E-state index contributed by atoms with van der Waals surface area (Å²) in [5.41, 5.74) is 1.64. The zero-order chi connectivity index (χ0) is 15.0. The van der Waals surface area contributed by atoms with Crippen LogP contribution in [-0.2, 0) is 13.0 Å². The van der Waals surface area contributed by atoms with Gasteiger partial charge >= 0.3 is 0 Å². The van der Waals surface area contributed by atoms with Gasteiger partial charge in [0.25, 0.3) is 0 Å². The molecule has 0 bridgehead atoms. The lowest BCUT2D eigenvalue weighted by Gasteiger charge is -2.05. The lowest BCUT2D eigenvalue weighted by Crippen LogP contribution is -2.07. The molecule has 0 aliphatic heterocycles. The number of imidazole rings is 1. The van der Waals surface area contributed by atoms with Crippen molar-refractivity contribution in [1.29, 1.82) is 0 Å². The Kier molecular flexibility index (Phi) is 4.06. The summed E-state index contributed by atoms with van der Waals surface area (Å²) >= 11 is 18.0. The van der Waals surface area contributed by atoms with Crippen LogP contribution in [0, 0.1) is 6.92 Å². The third-order valence-electron chi connectivity index (χ3n) is 3.06. The molecule has 0 spiro atoms. The molecule has 2 heterocycles. The molecule has 0 saturated carbocycles. The summed E-state index contributed by atoms with van der Waals surface area (Å²) in [5.74, 6) is 2.40. The average molecular weight is 346 g/mol. The molecule has 3 aromatic rings. The molecule has 0 fully saturated rings. The monoisotopic (exact) mass is 344 g/mol. The van der Waals surface area contributed by atoms with E-state index < -0.39 is 0 Å². The quantitative estimate of drug-likeness (QED) is 0.674. The minimum Gasteiger partial charge on any atom is -0.340 e. The van der Waals surface area contributed by atoms with E-state index in [0.29, 0.717) is 40.6 Å². The lowest BCUT2D eigenvalue weighted by molar-refractivity contribution is 0.386. The number of hydrogen-bond donors (Lipinski definition) is 0. The van der Waals surface area contributed by atoms with E-state index in [9.17, 15) is 0 Å². The molecule has 0 amide bonds. The number of aryl methyl sites for hydroxylation is 2. The molecule has 1 aromatic carbocycles. The molecule has 0 aliphatic rings. The molecule has 0 aliphatic carbocycles. The van der Waals surface area contributed by atoms with Crippen molar-refractivity contribution < 1.29 is 4.52 Å². The van der Waals surface area contributed by atoms with Gasteiger partial charge < -0.3 is 9.09 Å². The zero-order valence-electron chi connectivity index (χ0n) is 11.1. The van der Waals surface area contributed by atoms with E-state index in [4.69, 9.17) is 39.3 Å². The van der Waals surface area contributed by atoms with Crippen LogP contribution in [0.25, 0.3) is 11.0 Å². The van der Waals surface area contributed by atoms with Crippen molar-refractivity contribution in [3.05, 3.63) is 39.7 Å². The maximum Gasteiger partial charge on any atom is 0.223 e. The van der Waals surface area contributed by atoms with Gasteiger partial charge in [0.15, 0.2) is 5.82 Å². The number of aromatic nitrogens is 4. The predicted octanol–water partition coefficient (Wildman–Crippen LogP) is 3.86. The Hall–Kier alpha value is -1.30. The molecule has 21 heavy (non-hydrogen) atoms. The van der Waals surface area contributed by atoms with Crippen molar-refractivity contribution in [3.8, 4) is 0 Å². The second-order valence-electron chi connectivity index (χ2n) is 4.54. The van der Waals surface area contributed by atoms with Crippen LogP contribution >= 0.6 is 34.8 Å². The maximum absolute atomic E-state index is 6.10. The van der Waals surface area contributed by atoms with Crippen LogP contribution in [0.4, 0.5) is 0 Å². The third-order valence-corrected chi connectivity index (χ3v) is 3.97. The highest BCUT2D eigenvalue weighted by atomic mass is 35.5. The van der Waals surface area contributed by atoms with Gasteiger partial charge in [-0.05, 0) is 12.1 Å². The number of fused-ring (bicyclic) bond motifs is 1. The molecule has 110 valence electrons.